The van der Waals surface area contributed by atoms with Gasteiger partial charge in [0.05, 0.1) is 15.8 Å². The van der Waals surface area contributed by atoms with E-state index in [2.05, 4.69) is 10.6 Å². The lowest BCUT2D eigenvalue weighted by atomic mass is 9.63. The van der Waals surface area contributed by atoms with E-state index >= 15 is 0 Å². The smallest absolute Gasteiger partial charge is 0.287 e. The zero-order chi connectivity index (χ0) is 33.2. The van der Waals surface area contributed by atoms with Crippen molar-refractivity contribution in [1.29, 1.82) is 0 Å². The summed E-state index contributed by atoms with van der Waals surface area (Å²) in [5.74, 6) is -0.941. The van der Waals surface area contributed by atoms with Gasteiger partial charge in [-0.3, -0.25) is 19.2 Å². The Kier molecular flexibility index (Phi) is 10.4. The molecule has 246 valence electrons. The predicted molar refractivity (Wildman–Crippen MR) is 182 cm³/mol. The molecule has 46 heavy (non-hydrogen) atoms. The third-order valence-electron chi connectivity index (χ3n) is 9.22. The number of likely N-dealkylation sites (tertiary alicyclic amines) is 1. The van der Waals surface area contributed by atoms with Gasteiger partial charge in [0.1, 0.15) is 6.04 Å². The summed E-state index contributed by atoms with van der Waals surface area (Å²) in [6.07, 6.45) is 6.70. The Morgan fingerprint density at radius 1 is 0.957 bits per heavy atom. The highest BCUT2D eigenvalue weighted by Gasteiger charge is 2.49. The van der Waals surface area contributed by atoms with Crippen LogP contribution in [0.25, 0.3) is 11.0 Å². The van der Waals surface area contributed by atoms with E-state index in [1.165, 1.54) is 18.6 Å². The van der Waals surface area contributed by atoms with Gasteiger partial charge in [-0.2, -0.15) is 0 Å². The van der Waals surface area contributed by atoms with Gasteiger partial charge in [-0.25, -0.2) is 0 Å². The van der Waals surface area contributed by atoms with Crippen LogP contribution in [0.3, 0.4) is 0 Å². The number of carbonyl (C=O) groups is 3. The lowest BCUT2D eigenvalue weighted by molar-refractivity contribution is -0.147. The van der Waals surface area contributed by atoms with Crippen molar-refractivity contribution in [2.45, 2.75) is 83.7 Å². The fraction of sp³-hybridized carbons (Fsp3) is 0.486. The van der Waals surface area contributed by atoms with E-state index in [1.54, 1.807) is 29.2 Å². The minimum atomic E-state index is -0.971. The van der Waals surface area contributed by atoms with Gasteiger partial charge in [0.2, 0.25) is 11.8 Å². The normalized spacial score (nSPS) is 17.8. The van der Waals surface area contributed by atoms with E-state index in [-0.39, 0.29) is 56.5 Å². The van der Waals surface area contributed by atoms with Crippen LogP contribution in [0.15, 0.2) is 51.7 Å². The molecule has 1 saturated carbocycles. The molecule has 3 aromatic rings. The van der Waals surface area contributed by atoms with E-state index in [9.17, 15) is 19.2 Å². The fourth-order valence-corrected chi connectivity index (χ4v) is 7.53. The van der Waals surface area contributed by atoms with E-state index in [4.69, 9.17) is 39.2 Å². The summed E-state index contributed by atoms with van der Waals surface area (Å²) in [4.78, 5) is 56.1. The highest BCUT2D eigenvalue weighted by atomic mass is 35.5. The second-order valence-electron chi connectivity index (χ2n) is 13.6. The second kappa shape index (κ2) is 14.0. The molecule has 1 atom stereocenters. The lowest BCUT2D eigenvalue weighted by Gasteiger charge is -2.48. The van der Waals surface area contributed by atoms with Crippen molar-refractivity contribution >= 4 is 63.5 Å². The summed E-state index contributed by atoms with van der Waals surface area (Å²) in [5, 5.41) is 7.10. The molecule has 8 nitrogen and oxygen atoms in total. The zero-order valence-electron chi connectivity index (χ0n) is 26.4. The SMILES string of the molecule is CC(C)(C)NC(=O)C1(C2CCCCC2)CCN(C(=O)[C@@H](Cc2ccc(Cl)cc2)NC(=O)c2cc(=O)c3cc(Cl)cc(Cl)c3o2)CC1. The van der Waals surface area contributed by atoms with Crippen LogP contribution in [0, 0.1) is 11.3 Å². The molecule has 0 unspecified atom stereocenters. The predicted octanol–water partition coefficient (Wildman–Crippen LogP) is 7.20. The number of carbonyl (C=O) groups excluding carboxylic acids is 3. The van der Waals surface area contributed by atoms with Crippen molar-refractivity contribution in [2.75, 3.05) is 13.1 Å². The topological polar surface area (TPSA) is 109 Å². The van der Waals surface area contributed by atoms with E-state index in [0.717, 1.165) is 37.3 Å². The second-order valence-corrected chi connectivity index (χ2v) is 14.9. The van der Waals surface area contributed by atoms with Crippen molar-refractivity contribution in [1.82, 2.24) is 15.5 Å². The van der Waals surface area contributed by atoms with Crippen LogP contribution in [-0.2, 0) is 16.0 Å². The van der Waals surface area contributed by atoms with Gasteiger partial charge in [-0.1, -0.05) is 66.2 Å². The van der Waals surface area contributed by atoms with Crippen LogP contribution >= 0.6 is 34.8 Å². The van der Waals surface area contributed by atoms with Gasteiger partial charge in [0, 0.05) is 41.2 Å². The minimum Gasteiger partial charge on any atom is -0.449 e. The molecule has 0 bridgehead atoms. The van der Waals surface area contributed by atoms with Crippen molar-refractivity contribution in [3.63, 3.8) is 0 Å². The van der Waals surface area contributed by atoms with Gasteiger partial charge in [-0.05, 0) is 82.2 Å². The molecule has 11 heteroatoms. The highest BCUT2D eigenvalue weighted by molar-refractivity contribution is 6.38. The van der Waals surface area contributed by atoms with Crippen LogP contribution in [0.2, 0.25) is 15.1 Å². The quantitative estimate of drug-likeness (QED) is 0.273. The first-order chi connectivity index (χ1) is 21.8. The summed E-state index contributed by atoms with van der Waals surface area (Å²) in [7, 11) is 0. The standard InChI is InChI=1S/C35H40Cl3N3O5/c1-34(2,3)40-33(45)35(22-7-5-4-6-8-22)13-15-41(16-14-35)32(44)27(17-21-9-11-23(36)12-10-21)39-31(43)29-20-28(42)25-18-24(37)19-26(38)30(25)46-29/h9-12,18-20,22,27H,4-8,13-17H2,1-3H3,(H,39,43)(H,40,45)/t27-/m1/s1. The first-order valence-corrected chi connectivity index (χ1v) is 17.0. The summed E-state index contributed by atoms with van der Waals surface area (Å²) >= 11 is 18.4. The molecule has 2 aliphatic rings. The Balaban J connectivity index is 1.39. The Morgan fingerprint density at radius 3 is 2.24 bits per heavy atom. The molecule has 5 rings (SSSR count). The Hall–Kier alpha value is -3.07. The fourth-order valence-electron chi connectivity index (χ4n) is 6.87. The zero-order valence-corrected chi connectivity index (χ0v) is 28.7. The molecule has 1 aromatic heterocycles. The van der Waals surface area contributed by atoms with Gasteiger partial charge >= 0.3 is 0 Å². The van der Waals surface area contributed by atoms with Gasteiger partial charge in [0.15, 0.2) is 16.8 Å². The Labute approximate surface area is 284 Å². The van der Waals surface area contributed by atoms with E-state index < -0.39 is 22.8 Å². The van der Waals surface area contributed by atoms with Gasteiger partial charge in [-0.15, -0.1) is 0 Å². The highest BCUT2D eigenvalue weighted by Crippen LogP contribution is 2.46. The Bertz CT molecular complexity index is 1670. The first-order valence-electron chi connectivity index (χ1n) is 15.9. The maximum atomic E-state index is 14.1. The van der Waals surface area contributed by atoms with Crippen molar-refractivity contribution in [2.24, 2.45) is 11.3 Å². The number of fused-ring (bicyclic) bond motifs is 1. The van der Waals surface area contributed by atoms with Crippen molar-refractivity contribution in [3.05, 3.63) is 79.1 Å². The summed E-state index contributed by atoms with van der Waals surface area (Å²) < 4.78 is 5.75. The van der Waals surface area contributed by atoms with Crippen LogP contribution in [-0.4, -0.2) is 47.3 Å². The molecule has 0 spiro atoms. The van der Waals surface area contributed by atoms with Crippen LogP contribution in [0.1, 0.15) is 81.8 Å². The monoisotopic (exact) mass is 687 g/mol. The molecular formula is C35H40Cl3N3O5. The van der Waals surface area contributed by atoms with Gasteiger partial charge in [0.25, 0.3) is 5.91 Å². The summed E-state index contributed by atoms with van der Waals surface area (Å²) in [6, 6.07) is 10.0. The number of nitrogens with zero attached hydrogens (tertiary/aromatic N) is 1. The minimum absolute atomic E-state index is 0.0351. The molecule has 2 heterocycles. The summed E-state index contributed by atoms with van der Waals surface area (Å²) in [6.45, 7) is 6.75. The van der Waals surface area contributed by atoms with Crippen LogP contribution in [0.4, 0.5) is 0 Å². The Morgan fingerprint density at radius 2 is 1.61 bits per heavy atom. The van der Waals surface area contributed by atoms with E-state index in [1.807, 2.05) is 20.8 Å². The molecule has 1 aliphatic carbocycles. The largest absolute Gasteiger partial charge is 0.449 e. The van der Waals surface area contributed by atoms with Crippen molar-refractivity contribution in [3.8, 4) is 0 Å². The number of nitrogens with one attached hydrogen (secondary N) is 2. The van der Waals surface area contributed by atoms with E-state index in [0.29, 0.717) is 31.0 Å². The van der Waals surface area contributed by atoms with Crippen LogP contribution < -0.4 is 16.1 Å². The molecule has 2 N–H and O–H groups in total. The average molecular weight is 689 g/mol. The van der Waals surface area contributed by atoms with Gasteiger partial charge < -0.3 is 20.0 Å². The molecule has 2 aromatic carbocycles. The number of piperidine rings is 1. The first kappa shape index (κ1) is 34.3. The number of benzene rings is 2. The number of amides is 3. The molecule has 3 amide bonds. The number of hydrogen-bond donors (Lipinski definition) is 2. The molecule has 1 saturated heterocycles. The van der Waals surface area contributed by atoms with Crippen LogP contribution in [0.5, 0.6) is 0 Å². The molecular weight excluding hydrogens is 649 g/mol. The molecule has 1 aliphatic heterocycles. The molecule has 0 radical (unpaired) electrons. The summed E-state index contributed by atoms with van der Waals surface area (Å²) in [5.41, 5.74) is -0.573. The third-order valence-corrected chi connectivity index (χ3v) is 9.97. The van der Waals surface area contributed by atoms with Crippen molar-refractivity contribution < 1.29 is 18.8 Å². The molecule has 2 fully saturated rings. The number of hydrogen-bond acceptors (Lipinski definition) is 5. The average Bonchev–Trinajstić information content (AvgIpc) is 3.01. The number of rotatable bonds is 7. The maximum absolute atomic E-state index is 14.1. The lowest BCUT2D eigenvalue weighted by Crippen LogP contribution is -2.59. The third kappa shape index (κ3) is 7.72. The maximum Gasteiger partial charge on any atom is 0.287 e. The number of halogens is 3.